The van der Waals surface area contributed by atoms with Crippen molar-refractivity contribution in [3.05, 3.63) is 44.6 Å². The number of carbonyl (C=O) groups is 1. The normalized spacial score (nSPS) is 10.2. The molecule has 1 heterocycles. The third-order valence-electron chi connectivity index (χ3n) is 2.06. The van der Waals surface area contributed by atoms with Gasteiger partial charge in [-0.1, -0.05) is 23.2 Å². The van der Waals surface area contributed by atoms with Crippen molar-refractivity contribution in [3.8, 4) is 0 Å². The summed E-state index contributed by atoms with van der Waals surface area (Å²) in [5.41, 5.74) is 6.65. The molecule has 2 aromatic rings. The molecule has 0 bridgehead atoms. The highest BCUT2D eigenvalue weighted by molar-refractivity contribution is 7.18. The summed E-state index contributed by atoms with van der Waals surface area (Å²) in [6.45, 7) is 0. The van der Waals surface area contributed by atoms with E-state index in [0.29, 0.717) is 25.6 Å². The maximum atomic E-state index is 11.8. The van der Waals surface area contributed by atoms with Gasteiger partial charge in [-0.05, 0) is 30.3 Å². The molecule has 1 aromatic heterocycles. The second-order valence-electron chi connectivity index (χ2n) is 3.29. The number of amides is 1. The third kappa shape index (κ3) is 2.91. The Labute approximate surface area is 112 Å². The molecule has 0 spiro atoms. The van der Waals surface area contributed by atoms with Gasteiger partial charge in [0.2, 0.25) is 0 Å². The van der Waals surface area contributed by atoms with Crippen LogP contribution in [0.3, 0.4) is 0 Å². The van der Waals surface area contributed by atoms with Crippen LogP contribution in [-0.2, 0) is 0 Å². The monoisotopic (exact) mass is 286 g/mol. The molecule has 88 valence electrons. The van der Waals surface area contributed by atoms with E-state index in [9.17, 15) is 4.79 Å². The van der Waals surface area contributed by atoms with Crippen LogP contribution in [0.15, 0.2) is 30.3 Å². The van der Waals surface area contributed by atoms with Crippen LogP contribution in [0.5, 0.6) is 0 Å². The molecule has 0 saturated heterocycles. The molecule has 3 N–H and O–H groups in total. The summed E-state index contributed by atoms with van der Waals surface area (Å²) in [4.78, 5) is 12.3. The molecule has 6 heteroatoms. The van der Waals surface area contributed by atoms with Gasteiger partial charge >= 0.3 is 0 Å². The first kappa shape index (κ1) is 12.2. The lowest BCUT2D eigenvalue weighted by atomic mass is 10.3. The Kier molecular flexibility index (Phi) is 3.57. The lowest BCUT2D eigenvalue weighted by molar-refractivity contribution is 0.103. The molecule has 0 aliphatic rings. The maximum Gasteiger partial charge on any atom is 0.265 e. The van der Waals surface area contributed by atoms with E-state index in [4.69, 9.17) is 28.9 Å². The number of halogens is 2. The smallest absolute Gasteiger partial charge is 0.265 e. The summed E-state index contributed by atoms with van der Waals surface area (Å²) in [6.07, 6.45) is 0. The van der Waals surface area contributed by atoms with Gasteiger partial charge in [-0.25, -0.2) is 0 Å². The van der Waals surface area contributed by atoms with Gasteiger partial charge in [-0.3, -0.25) is 4.79 Å². The molecule has 0 atom stereocenters. The summed E-state index contributed by atoms with van der Waals surface area (Å²) >= 11 is 12.8. The van der Waals surface area contributed by atoms with E-state index < -0.39 is 0 Å². The van der Waals surface area contributed by atoms with Gasteiger partial charge in [0, 0.05) is 5.69 Å². The Balaban J connectivity index is 2.15. The second-order valence-corrected chi connectivity index (χ2v) is 5.42. The Morgan fingerprint density at radius 1 is 1.24 bits per heavy atom. The number of benzene rings is 1. The summed E-state index contributed by atoms with van der Waals surface area (Å²) in [6, 6.07) is 8.27. The van der Waals surface area contributed by atoms with Crippen LogP contribution in [0, 0.1) is 0 Å². The van der Waals surface area contributed by atoms with Crippen molar-refractivity contribution in [2.45, 2.75) is 0 Å². The molecule has 17 heavy (non-hydrogen) atoms. The lowest BCUT2D eigenvalue weighted by Crippen LogP contribution is -2.10. The van der Waals surface area contributed by atoms with Crippen molar-refractivity contribution >= 4 is 51.8 Å². The van der Waals surface area contributed by atoms with Crippen molar-refractivity contribution in [2.24, 2.45) is 0 Å². The SMILES string of the molecule is Nc1ccc(NC(=O)c2ccc(Cl)s2)cc1Cl. The quantitative estimate of drug-likeness (QED) is 0.823. The molecule has 0 saturated carbocycles. The van der Waals surface area contributed by atoms with Crippen LogP contribution < -0.4 is 11.1 Å². The first-order valence-electron chi connectivity index (χ1n) is 4.68. The van der Waals surface area contributed by atoms with E-state index in [0.717, 1.165) is 0 Å². The van der Waals surface area contributed by atoms with Gasteiger partial charge < -0.3 is 11.1 Å². The fourth-order valence-corrected chi connectivity index (χ4v) is 2.35. The molecule has 0 fully saturated rings. The zero-order chi connectivity index (χ0) is 12.4. The molecule has 0 radical (unpaired) electrons. The van der Waals surface area contributed by atoms with E-state index in [2.05, 4.69) is 5.32 Å². The average molecular weight is 287 g/mol. The Bertz CT molecular complexity index is 568. The zero-order valence-corrected chi connectivity index (χ0v) is 10.9. The molecular formula is C11H8Cl2N2OS. The minimum absolute atomic E-state index is 0.220. The van der Waals surface area contributed by atoms with Crippen molar-refractivity contribution < 1.29 is 4.79 Å². The standard InChI is InChI=1S/C11H8Cl2N2OS/c12-7-5-6(1-2-8(7)14)15-11(16)9-3-4-10(13)17-9/h1-5H,14H2,(H,15,16). The molecule has 2 rings (SSSR count). The summed E-state index contributed by atoms with van der Waals surface area (Å²) < 4.78 is 0.575. The second kappa shape index (κ2) is 4.96. The number of hydrogen-bond donors (Lipinski definition) is 2. The van der Waals surface area contributed by atoms with E-state index >= 15 is 0 Å². The minimum Gasteiger partial charge on any atom is -0.398 e. The molecule has 0 aliphatic carbocycles. The molecule has 1 amide bonds. The first-order valence-corrected chi connectivity index (χ1v) is 6.25. The van der Waals surface area contributed by atoms with Crippen LogP contribution in [0.4, 0.5) is 11.4 Å². The topological polar surface area (TPSA) is 55.1 Å². The molecular weight excluding hydrogens is 279 g/mol. The fraction of sp³-hybridized carbons (Fsp3) is 0. The van der Waals surface area contributed by atoms with Gasteiger partial charge in [0.05, 0.1) is 19.9 Å². The van der Waals surface area contributed by atoms with Crippen molar-refractivity contribution in [1.29, 1.82) is 0 Å². The van der Waals surface area contributed by atoms with Gasteiger partial charge in [0.1, 0.15) is 0 Å². The van der Waals surface area contributed by atoms with Gasteiger partial charge in [-0.2, -0.15) is 0 Å². The number of anilines is 2. The Hall–Kier alpha value is -1.23. The van der Waals surface area contributed by atoms with Crippen LogP contribution in [0.25, 0.3) is 0 Å². The summed E-state index contributed by atoms with van der Waals surface area (Å²) in [5, 5.41) is 3.12. The zero-order valence-electron chi connectivity index (χ0n) is 8.54. The van der Waals surface area contributed by atoms with Crippen LogP contribution >= 0.6 is 34.5 Å². The van der Waals surface area contributed by atoms with E-state index in [1.807, 2.05) is 0 Å². The molecule has 1 aromatic carbocycles. The van der Waals surface area contributed by atoms with Crippen LogP contribution in [-0.4, -0.2) is 5.91 Å². The van der Waals surface area contributed by atoms with Gasteiger partial charge in [0.15, 0.2) is 0 Å². The Morgan fingerprint density at radius 2 is 2.00 bits per heavy atom. The predicted molar refractivity (Wildman–Crippen MR) is 73.1 cm³/mol. The molecule has 0 unspecified atom stereocenters. The number of hydrogen-bond acceptors (Lipinski definition) is 3. The largest absolute Gasteiger partial charge is 0.398 e. The number of thiophene rings is 1. The van der Waals surface area contributed by atoms with Gasteiger partial charge in [0.25, 0.3) is 5.91 Å². The average Bonchev–Trinajstić information content (AvgIpc) is 2.70. The van der Waals surface area contributed by atoms with E-state index in [1.165, 1.54) is 11.3 Å². The van der Waals surface area contributed by atoms with Crippen molar-refractivity contribution in [1.82, 2.24) is 0 Å². The highest BCUT2D eigenvalue weighted by atomic mass is 35.5. The number of nitrogen functional groups attached to an aromatic ring is 1. The van der Waals surface area contributed by atoms with E-state index in [1.54, 1.807) is 30.3 Å². The Morgan fingerprint density at radius 3 is 2.59 bits per heavy atom. The third-order valence-corrected chi connectivity index (χ3v) is 3.61. The molecule has 3 nitrogen and oxygen atoms in total. The number of nitrogens with one attached hydrogen (secondary N) is 1. The van der Waals surface area contributed by atoms with Gasteiger partial charge in [-0.15, -0.1) is 11.3 Å². The fourth-order valence-electron chi connectivity index (χ4n) is 1.23. The maximum absolute atomic E-state index is 11.8. The van der Waals surface area contributed by atoms with Crippen LogP contribution in [0.1, 0.15) is 9.67 Å². The number of rotatable bonds is 2. The highest BCUT2D eigenvalue weighted by Crippen LogP contribution is 2.25. The predicted octanol–water partition coefficient (Wildman–Crippen LogP) is 3.89. The molecule has 0 aliphatic heterocycles. The van der Waals surface area contributed by atoms with Crippen molar-refractivity contribution in [2.75, 3.05) is 11.1 Å². The van der Waals surface area contributed by atoms with Crippen LogP contribution in [0.2, 0.25) is 9.36 Å². The highest BCUT2D eigenvalue weighted by Gasteiger charge is 2.09. The lowest BCUT2D eigenvalue weighted by Gasteiger charge is -2.05. The van der Waals surface area contributed by atoms with Crippen molar-refractivity contribution in [3.63, 3.8) is 0 Å². The minimum atomic E-state index is -0.220. The van der Waals surface area contributed by atoms with E-state index in [-0.39, 0.29) is 5.91 Å². The number of carbonyl (C=O) groups excluding carboxylic acids is 1. The summed E-state index contributed by atoms with van der Waals surface area (Å²) in [7, 11) is 0. The summed E-state index contributed by atoms with van der Waals surface area (Å²) in [5.74, 6) is -0.220. The first-order chi connectivity index (χ1) is 8.06. The number of nitrogens with two attached hydrogens (primary N) is 1.